The second-order valence-electron chi connectivity index (χ2n) is 30.0. The first-order valence-electron chi connectivity index (χ1n) is 41.4. The molecular weight excluding hydrogens is 1290 g/mol. The molecule has 3 N–H and O–H groups in total. The van der Waals surface area contributed by atoms with Gasteiger partial charge in [0.25, 0.3) is 0 Å². The molecule has 0 amide bonds. The van der Waals surface area contributed by atoms with Crippen molar-refractivity contribution in [2.24, 2.45) is 17.8 Å². The average Bonchev–Trinajstić information content (AvgIpc) is 1.46. The van der Waals surface area contributed by atoms with Crippen molar-refractivity contribution in [3.8, 4) is 0 Å². The highest BCUT2D eigenvalue weighted by Crippen LogP contribution is 2.45. The molecule has 0 aromatic heterocycles. The normalized spacial score (nSPS) is 14.3. The SMILES string of the molecule is CCCCCCCCCCC(=O)OC[C@H](COP(=O)(O)OC[C@H](O)COP(=O)(O)OC[C@@H](COC(=O)CCCCCCCCCCCCCCCCCC(C)C)OC(=O)CCCCCCCCCCCCCCCCCCCCC(C)CC)OC(=O)CCCCCCCCCCC(C)C. The lowest BCUT2D eigenvalue weighted by molar-refractivity contribution is -0.161. The van der Waals surface area contributed by atoms with Crippen LogP contribution in [0.4, 0.5) is 0 Å². The van der Waals surface area contributed by atoms with Gasteiger partial charge in [0.15, 0.2) is 12.2 Å². The maximum atomic E-state index is 13.1. The van der Waals surface area contributed by atoms with Crippen molar-refractivity contribution in [1.82, 2.24) is 0 Å². The molecule has 0 fully saturated rings. The van der Waals surface area contributed by atoms with Gasteiger partial charge in [0.2, 0.25) is 0 Å². The van der Waals surface area contributed by atoms with Crippen molar-refractivity contribution >= 4 is 39.5 Å². The number of phosphoric acid groups is 2. The van der Waals surface area contributed by atoms with E-state index in [-0.39, 0.29) is 25.7 Å². The molecule has 0 bridgehead atoms. The number of carbonyl (C=O) groups excluding carboxylic acids is 4. The third kappa shape index (κ3) is 72.8. The number of unbranched alkanes of at least 4 members (excludes halogenated alkanes) is 45. The quantitative estimate of drug-likeness (QED) is 0.0222. The van der Waals surface area contributed by atoms with Crippen LogP contribution in [-0.4, -0.2) is 96.7 Å². The number of aliphatic hydroxyl groups excluding tert-OH is 1. The number of esters is 4. The first-order valence-corrected chi connectivity index (χ1v) is 44.4. The summed E-state index contributed by atoms with van der Waals surface area (Å²) in [5.74, 6) is 0.278. The van der Waals surface area contributed by atoms with Crippen molar-refractivity contribution < 1.29 is 80.2 Å². The van der Waals surface area contributed by atoms with Crippen LogP contribution in [0.1, 0.15) is 414 Å². The summed E-state index contributed by atoms with van der Waals surface area (Å²) in [7, 11) is -9.91. The van der Waals surface area contributed by atoms with E-state index >= 15 is 0 Å². The van der Waals surface area contributed by atoms with Gasteiger partial charge < -0.3 is 33.8 Å². The molecule has 588 valence electrons. The molecule has 0 saturated heterocycles. The van der Waals surface area contributed by atoms with Crippen LogP contribution < -0.4 is 0 Å². The van der Waals surface area contributed by atoms with Crippen LogP contribution in [0.25, 0.3) is 0 Å². The molecule has 0 radical (unpaired) electrons. The lowest BCUT2D eigenvalue weighted by Gasteiger charge is -2.21. The Morgan fingerprint density at radius 2 is 0.515 bits per heavy atom. The zero-order chi connectivity index (χ0) is 73.0. The van der Waals surface area contributed by atoms with Gasteiger partial charge in [-0.25, -0.2) is 9.13 Å². The Hall–Kier alpha value is -1.94. The van der Waals surface area contributed by atoms with E-state index in [0.29, 0.717) is 25.7 Å². The summed E-state index contributed by atoms with van der Waals surface area (Å²) in [6.07, 6.45) is 58.5. The lowest BCUT2D eigenvalue weighted by atomic mass is 9.99. The van der Waals surface area contributed by atoms with Gasteiger partial charge in [-0.15, -0.1) is 0 Å². The Kier molecular flexibility index (Phi) is 69.0. The van der Waals surface area contributed by atoms with Crippen molar-refractivity contribution in [3.63, 3.8) is 0 Å². The molecule has 17 nitrogen and oxygen atoms in total. The molecule has 0 aromatic carbocycles. The van der Waals surface area contributed by atoms with Gasteiger partial charge in [-0.1, -0.05) is 363 Å². The molecule has 6 atom stereocenters. The predicted octanol–water partition coefficient (Wildman–Crippen LogP) is 23.7. The minimum atomic E-state index is -4.96. The summed E-state index contributed by atoms with van der Waals surface area (Å²) < 4.78 is 68.5. The standard InChI is InChI=1S/C80H156O17P2/c1-8-10-11-12-13-40-47-54-61-77(82)90-67-75(97-80(85)64-57-50-43-36-35-38-45-52-59-72(5)6)69-94-98(86,87)92-65-74(81)66-93-99(88,89)95-70-76(68-91-78(83)62-55-48-41-33-29-25-22-18-19-23-27-31-37-44-51-58-71(3)4)96-79(84)63-56-49-42-34-30-26-21-17-15-14-16-20-24-28-32-39-46-53-60-73(7)9-2/h71-76,81H,8-70H2,1-7H3,(H,86,87)(H,88,89)/t73?,74-,75+,76+/m0/s1. The largest absolute Gasteiger partial charge is 0.472 e. The zero-order valence-corrected chi connectivity index (χ0v) is 66.8. The molecule has 0 aliphatic carbocycles. The van der Waals surface area contributed by atoms with Crippen molar-refractivity contribution in [2.45, 2.75) is 433 Å². The highest BCUT2D eigenvalue weighted by atomic mass is 31.2. The Balaban J connectivity index is 5.17. The Morgan fingerprint density at radius 1 is 0.293 bits per heavy atom. The third-order valence-electron chi connectivity index (χ3n) is 19.0. The summed E-state index contributed by atoms with van der Waals surface area (Å²) in [5.41, 5.74) is 0. The predicted molar refractivity (Wildman–Crippen MR) is 405 cm³/mol. The van der Waals surface area contributed by atoms with E-state index in [1.165, 1.54) is 218 Å². The van der Waals surface area contributed by atoms with Crippen LogP contribution in [0.15, 0.2) is 0 Å². The zero-order valence-electron chi connectivity index (χ0n) is 65.0. The summed E-state index contributed by atoms with van der Waals surface area (Å²) in [6, 6.07) is 0. The molecule has 3 unspecified atom stereocenters. The summed E-state index contributed by atoms with van der Waals surface area (Å²) in [4.78, 5) is 72.8. The number of phosphoric ester groups is 2. The highest BCUT2D eigenvalue weighted by Gasteiger charge is 2.30. The van der Waals surface area contributed by atoms with E-state index in [0.717, 1.165) is 114 Å². The van der Waals surface area contributed by atoms with Crippen molar-refractivity contribution in [3.05, 3.63) is 0 Å². The molecule has 99 heavy (non-hydrogen) atoms. The van der Waals surface area contributed by atoms with E-state index in [4.69, 9.17) is 37.0 Å². The van der Waals surface area contributed by atoms with E-state index in [1.807, 2.05) is 0 Å². The molecular formula is C80H156O17P2. The van der Waals surface area contributed by atoms with Gasteiger partial charge in [-0.2, -0.15) is 0 Å². The van der Waals surface area contributed by atoms with Gasteiger partial charge in [-0.3, -0.25) is 37.3 Å². The molecule has 19 heteroatoms. The first-order chi connectivity index (χ1) is 47.8. The van der Waals surface area contributed by atoms with Gasteiger partial charge in [0.1, 0.15) is 19.3 Å². The third-order valence-corrected chi connectivity index (χ3v) is 20.9. The van der Waals surface area contributed by atoms with Crippen LogP contribution in [0.5, 0.6) is 0 Å². The molecule has 0 rings (SSSR count). The lowest BCUT2D eigenvalue weighted by Crippen LogP contribution is -2.30. The van der Waals surface area contributed by atoms with Crippen molar-refractivity contribution in [2.75, 3.05) is 39.6 Å². The molecule has 0 aliphatic rings. The second kappa shape index (κ2) is 70.4. The molecule has 0 aromatic rings. The van der Waals surface area contributed by atoms with E-state index in [9.17, 15) is 43.2 Å². The summed E-state index contributed by atoms with van der Waals surface area (Å²) in [6.45, 7) is 12.0. The van der Waals surface area contributed by atoms with E-state index in [1.54, 1.807) is 0 Å². The summed E-state index contributed by atoms with van der Waals surface area (Å²) in [5, 5.41) is 10.6. The Labute approximate surface area is 607 Å². The Morgan fingerprint density at radius 3 is 0.768 bits per heavy atom. The number of rotatable bonds is 78. The van der Waals surface area contributed by atoms with E-state index in [2.05, 4.69) is 48.5 Å². The maximum absolute atomic E-state index is 13.1. The molecule has 0 aliphatic heterocycles. The van der Waals surface area contributed by atoms with E-state index < -0.39 is 97.5 Å². The fourth-order valence-electron chi connectivity index (χ4n) is 12.3. The van der Waals surface area contributed by atoms with Gasteiger partial charge >= 0.3 is 39.5 Å². The number of carbonyl (C=O) groups is 4. The Bertz CT molecular complexity index is 1920. The minimum absolute atomic E-state index is 0.104. The van der Waals surface area contributed by atoms with Gasteiger partial charge in [-0.05, 0) is 43.4 Å². The summed E-state index contributed by atoms with van der Waals surface area (Å²) >= 11 is 0. The number of aliphatic hydroxyl groups is 1. The van der Waals surface area contributed by atoms with Gasteiger partial charge in [0.05, 0.1) is 26.4 Å². The fourth-order valence-corrected chi connectivity index (χ4v) is 13.9. The molecule has 0 saturated carbocycles. The smallest absolute Gasteiger partial charge is 0.462 e. The second-order valence-corrected chi connectivity index (χ2v) is 32.9. The monoisotopic (exact) mass is 1450 g/mol. The average molecular weight is 1450 g/mol. The minimum Gasteiger partial charge on any atom is -0.462 e. The van der Waals surface area contributed by atoms with Crippen LogP contribution >= 0.6 is 15.6 Å². The van der Waals surface area contributed by atoms with Crippen LogP contribution in [0.3, 0.4) is 0 Å². The highest BCUT2D eigenvalue weighted by molar-refractivity contribution is 7.47. The maximum Gasteiger partial charge on any atom is 0.472 e. The number of ether oxygens (including phenoxy) is 4. The number of hydrogen-bond donors (Lipinski definition) is 3. The number of hydrogen-bond acceptors (Lipinski definition) is 15. The van der Waals surface area contributed by atoms with Crippen LogP contribution in [-0.2, 0) is 65.4 Å². The van der Waals surface area contributed by atoms with Crippen LogP contribution in [0.2, 0.25) is 0 Å². The van der Waals surface area contributed by atoms with Crippen molar-refractivity contribution in [1.29, 1.82) is 0 Å². The van der Waals surface area contributed by atoms with Gasteiger partial charge in [0, 0.05) is 25.7 Å². The molecule has 0 heterocycles. The first kappa shape index (κ1) is 97.1. The fraction of sp³-hybridized carbons (Fsp3) is 0.950. The molecule has 0 spiro atoms. The van der Waals surface area contributed by atoms with Crippen LogP contribution in [0, 0.1) is 17.8 Å². The topological polar surface area (TPSA) is 237 Å².